The average Bonchev–Trinajstić information content (AvgIpc) is 3.29. The fourth-order valence-electron chi connectivity index (χ4n) is 4.68. The van der Waals surface area contributed by atoms with E-state index < -0.39 is 0 Å². The Hall–Kier alpha value is -4.36. The maximum atomic E-state index is 13.8. The molecule has 0 saturated carbocycles. The molecule has 2 N–H and O–H groups in total. The zero-order valence-corrected chi connectivity index (χ0v) is 21.2. The first-order chi connectivity index (χ1) is 18.0. The lowest BCUT2D eigenvalue weighted by Gasteiger charge is -2.15. The van der Waals surface area contributed by atoms with E-state index >= 15 is 0 Å². The number of anilines is 1. The Kier molecular flexibility index (Phi) is 5.77. The van der Waals surface area contributed by atoms with Crippen molar-refractivity contribution in [2.75, 3.05) is 11.1 Å². The van der Waals surface area contributed by atoms with E-state index in [0.717, 1.165) is 44.2 Å². The van der Waals surface area contributed by atoms with E-state index in [0.29, 0.717) is 16.2 Å². The molecule has 0 aliphatic rings. The smallest absolute Gasteiger partial charge is 0.283 e. The number of nitrogens with one attached hydrogen (secondary N) is 2. The first kappa shape index (κ1) is 23.1. The summed E-state index contributed by atoms with van der Waals surface area (Å²) >= 11 is 1.26. The minimum atomic E-state index is -0.188. The number of aromatic amines is 1. The minimum Gasteiger partial charge on any atom is -0.349 e. The highest BCUT2D eigenvalue weighted by Crippen LogP contribution is 2.28. The molecule has 6 nitrogen and oxygen atoms in total. The lowest BCUT2D eigenvalue weighted by atomic mass is 10.1. The molecule has 0 saturated heterocycles. The van der Waals surface area contributed by atoms with Gasteiger partial charge in [-0.3, -0.25) is 14.2 Å². The third-order valence-corrected chi connectivity index (χ3v) is 7.65. The highest BCUT2D eigenvalue weighted by Gasteiger charge is 2.19. The third kappa shape index (κ3) is 4.07. The van der Waals surface area contributed by atoms with Crippen LogP contribution in [-0.2, 0) is 4.79 Å². The van der Waals surface area contributed by atoms with Crippen LogP contribution in [0.25, 0.3) is 38.4 Å². The number of thioether (sulfide) groups is 1. The molecule has 0 bridgehead atoms. The molecule has 0 aliphatic heterocycles. The molecule has 0 fully saturated rings. The number of hydrogen-bond donors (Lipinski definition) is 2. The van der Waals surface area contributed by atoms with Crippen molar-refractivity contribution in [3.8, 4) is 5.69 Å². The van der Waals surface area contributed by atoms with Gasteiger partial charge in [0.1, 0.15) is 11.0 Å². The van der Waals surface area contributed by atoms with Gasteiger partial charge in [0, 0.05) is 22.0 Å². The van der Waals surface area contributed by atoms with Crippen molar-refractivity contribution >= 4 is 56.1 Å². The number of benzene rings is 4. The Morgan fingerprint density at radius 1 is 0.919 bits per heavy atom. The second-order valence-corrected chi connectivity index (χ2v) is 9.95. The highest BCUT2D eigenvalue weighted by molar-refractivity contribution is 7.99. The Bertz CT molecular complexity index is 1880. The first-order valence-corrected chi connectivity index (χ1v) is 13.0. The molecule has 0 radical (unpaired) electrons. The summed E-state index contributed by atoms with van der Waals surface area (Å²) in [5, 5.41) is 6.42. The van der Waals surface area contributed by atoms with Gasteiger partial charge in [0.25, 0.3) is 5.56 Å². The van der Waals surface area contributed by atoms with Crippen molar-refractivity contribution in [3.63, 3.8) is 0 Å². The first-order valence-electron chi connectivity index (χ1n) is 12.0. The van der Waals surface area contributed by atoms with E-state index in [1.807, 2.05) is 98.8 Å². The van der Waals surface area contributed by atoms with Gasteiger partial charge in [0.2, 0.25) is 5.91 Å². The van der Waals surface area contributed by atoms with Crippen molar-refractivity contribution in [1.82, 2.24) is 14.5 Å². The van der Waals surface area contributed by atoms with Crippen LogP contribution in [0.3, 0.4) is 0 Å². The van der Waals surface area contributed by atoms with Crippen molar-refractivity contribution in [2.45, 2.75) is 19.0 Å². The Morgan fingerprint density at radius 2 is 1.65 bits per heavy atom. The molecule has 2 heterocycles. The van der Waals surface area contributed by atoms with Crippen LogP contribution in [-0.4, -0.2) is 26.2 Å². The number of carbonyl (C=O) groups excluding carboxylic acids is 1. The summed E-state index contributed by atoms with van der Waals surface area (Å²) in [4.78, 5) is 35.1. The van der Waals surface area contributed by atoms with Gasteiger partial charge in [-0.05, 0) is 48.6 Å². The molecule has 7 heteroatoms. The zero-order valence-electron chi connectivity index (χ0n) is 20.4. The molecular weight excluding hydrogens is 480 g/mol. The SMILES string of the molecule is Cc1cccc(-n2c(SCC(=O)Nc3cccc4ccccc34)nc3c([nH]c4ccccc43)c2=O)c1C. The van der Waals surface area contributed by atoms with Crippen molar-refractivity contribution < 1.29 is 4.79 Å². The summed E-state index contributed by atoms with van der Waals surface area (Å²) in [6.45, 7) is 4.01. The molecule has 6 rings (SSSR count). The quantitative estimate of drug-likeness (QED) is 0.211. The van der Waals surface area contributed by atoms with E-state index in [9.17, 15) is 9.59 Å². The second-order valence-electron chi connectivity index (χ2n) is 9.01. The molecule has 0 spiro atoms. The highest BCUT2D eigenvalue weighted by atomic mass is 32.2. The maximum Gasteiger partial charge on any atom is 0.283 e. The number of para-hydroxylation sites is 1. The van der Waals surface area contributed by atoms with Crippen molar-refractivity contribution in [3.05, 3.63) is 106 Å². The lowest BCUT2D eigenvalue weighted by Crippen LogP contribution is -2.23. The molecule has 2 aromatic heterocycles. The van der Waals surface area contributed by atoms with Crippen LogP contribution in [0.5, 0.6) is 0 Å². The molecule has 37 heavy (non-hydrogen) atoms. The van der Waals surface area contributed by atoms with Crippen LogP contribution >= 0.6 is 11.8 Å². The lowest BCUT2D eigenvalue weighted by molar-refractivity contribution is -0.113. The van der Waals surface area contributed by atoms with Crippen LogP contribution in [0, 0.1) is 13.8 Å². The number of aryl methyl sites for hydroxylation is 1. The van der Waals surface area contributed by atoms with Crippen LogP contribution in [0.1, 0.15) is 11.1 Å². The standard InChI is InChI=1S/C30H24N4O2S/c1-18-9-7-16-25(19(18)2)34-29(36)28-27(22-13-5-6-14-24(22)32-28)33-30(34)37-17-26(35)31-23-15-8-11-20-10-3-4-12-21(20)23/h3-16,32H,17H2,1-2H3,(H,31,35). The predicted molar refractivity (Wildman–Crippen MR) is 152 cm³/mol. The second kappa shape index (κ2) is 9.26. The summed E-state index contributed by atoms with van der Waals surface area (Å²) in [5.41, 5.74) is 5.31. The average molecular weight is 505 g/mol. The summed E-state index contributed by atoms with van der Waals surface area (Å²) < 4.78 is 1.62. The molecule has 0 atom stereocenters. The number of nitrogens with zero attached hydrogens (tertiary/aromatic N) is 2. The topological polar surface area (TPSA) is 79.8 Å². The number of rotatable bonds is 5. The van der Waals surface area contributed by atoms with Crippen molar-refractivity contribution in [1.29, 1.82) is 0 Å². The van der Waals surface area contributed by atoms with Gasteiger partial charge < -0.3 is 10.3 Å². The van der Waals surface area contributed by atoms with Gasteiger partial charge in [-0.25, -0.2) is 4.98 Å². The molecule has 182 valence electrons. The number of carbonyl (C=O) groups is 1. The van der Waals surface area contributed by atoms with Gasteiger partial charge in [-0.1, -0.05) is 78.5 Å². The molecule has 0 aliphatic carbocycles. The fraction of sp³-hybridized carbons (Fsp3) is 0.100. The number of amides is 1. The molecule has 0 unspecified atom stereocenters. The van der Waals surface area contributed by atoms with Crippen molar-refractivity contribution in [2.24, 2.45) is 0 Å². The molecule has 6 aromatic rings. The molecule has 4 aromatic carbocycles. The van der Waals surface area contributed by atoms with Gasteiger partial charge >= 0.3 is 0 Å². The van der Waals surface area contributed by atoms with Crippen LogP contribution in [0.4, 0.5) is 5.69 Å². The number of H-pyrrole nitrogens is 1. The van der Waals surface area contributed by atoms with Crippen LogP contribution in [0.15, 0.2) is 94.9 Å². The maximum absolute atomic E-state index is 13.8. The van der Waals surface area contributed by atoms with E-state index in [2.05, 4.69) is 10.3 Å². The monoisotopic (exact) mass is 504 g/mol. The van der Waals surface area contributed by atoms with Gasteiger partial charge in [-0.15, -0.1) is 0 Å². The predicted octanol–water partition coefficient (Wildman–Crippen LogP) is 6.37. The van der Waals surface area contributed by atoms with E-state index in [1.54, 1.807) is 4.57 Å². The summed E-state index contributed by atoms with van der Waals surface area (Å²) in [6, 6.07) is 27.4. The Labute approximate surface area is 217 Å². The van der Waals surface area contributed by atoms with E-state index in [4.69, 9.17) is 4.98 Å². The van der Waals surface area contributed by atoms with Crippen LogP contribution in [0.2, 0.25) is 0 Å². The number of fused-ring (bicyclic) bond motifs is 4. The van der Waals surface area contributed by atoms with Gasteiger partial charge in [0.05, 0.1) is 11.4 Å². The molecule has 1 amide bonds. The minimum absolute atomic E-state index is 0.106. The Morgan fingerprint density at radius 3 is 2.51 bits per heavy atom. The third-order valence-electron chi connectivity index (χ3n) is 6.71. The molecular formula is C30H24N4O2S. The summed E-state index contributed by atoms with van der Waals surface area (Å²) in [5.74, 6) is -0.0591. The number of hydrogen-bond acceptors (Lipinski definition) is 4. The largest absolute Gasteiger partial charge is 0.349 e. The Balaban J connectivity index is 1.42. The fourth-order valence-corrected chi connectivity index (χ4v) is 5.48. The zero-order chi connectivity index (χ0) is 25.5. The van der Waals surface area contributed by atoms with Crippen LogP contribution < -0.4 is 10.9 Å². The van der Waals surface area contributed by atoms with E-state index in [1.165, 1.54) is 11.8 Å². The van der Waals surface area contributed by atoms with Gasteiger partial charge in [-0.2, -0.15) is 0 Å². The summed E-state index contributed by atoms with van der Waals surface area (Å²) in [6.07, 6.45) is 0. The van der Waals surface area contributed by atoms with E-state index in [-0.39, 0.29) is 17.2 Å². The number of aromatic nitrogens is 3. The summed E-state index contributed by atoms with van der Waals surface area (Å²) in [7, 11) is 0. The van der Waals surface area contributed by atoms with Gasteiger partial charge in [0.15, 0.2) is 5.16 Å². The normalized spacial score (nSPS) is 11.4.